The molecule has 0 spiro atoms. The number of rotatable bonds is 6. The number of benzene rings is 2. The standard InChI is InChI=1S/C28H30N6O/c1-18(2)22-8-6-7-9-23(22)25-30-16-24-27(31-25)34(28(35)32(24)5)17-20-10-12-21(13-11-20)26-29-14-15-33(26)19(3)4/h6-16,18-19H,17H2,1-5H3. The second-order valence-electron chi connectivity index (χ2n) is 9.52. The molecule has 7 heteroatoms. The molecule has 0 N–H and O–H groups in total. The molecule has 0 saturated heterocycles. The molecule has 178 valence electrons. The smallest absolute Gasteiger partial charge is 0.328 e. The molecular formula is C28H30N6O. The van der Waals surface area contributed by atoms with E-state index in [9.17, 15) is 4.79 Å². The van der Waals surface area contributed by atoms with Gasteiger partial charge in [-0.25, -0.2) is 19.7 Å². The Morgan fingerprint density at radius 3 is 2.40 bits per heavy atom. The Balaban J connectivity index is 1.53. The normalized spacial score (nSPS) is 11.7. The van der Waals surface area contributed by atoms with E-state index in [-0.39, 0.29) is 5.69 Å². The Labute approximate surface area is 204 Å². The number of aryl methyl sites for hydroxylation is 1. The predicted molar refractivity (Wildman–Crippen MR) is 139 cm³/mol. The van der Waals surface area contributed by atoms with E-state index in [0.717, 1.165) is 28.0 Å². The molecule has 35 heavy (non-hydrogen) atoms. The van der Waals surface area contributed by atoms with Gasteiger partial charge in [0.05, 0.1) is 12.7 Å². The second kappa shape index (κ2) is 8.98. The van der Waals surface area contributed by atoms with Crippen molar-refractivity contribution in [2.75, 3.05) is 0 Å². The van der Waals surface area contributed by atoms with Crippen LogP contribution >= 0.6 is 0 Å². The SMILES string of the molecule is CC(C)c1ccccc1-c1ncc2c(n1)n(Cc1ccc(-c3nccn3C(C)C)cc1)c(=O)n2C. The van der Waals surface area contributed by atoms with E-state index in [1.165, 1.54) is 5.56 Å². The Bertz CT molecular complexity index is 1550. The lowest BCUT2D eigenvalue weighted by atomic mass is 9.97. The fourth-order valence-electron chi connectivity index (χ4n) is 4.55. The summed E-state index contributed by atoms with van der Waals surface area (Å²) < 4.78 is 5.49. The largest absolute Gasteiger partial charge is 0.330 e. The van der Waals surface area contributed by atoms with Crippen LogP contribution in [0.15, 0.2) is 71.9 Å². The van der Waals surface area contributed by atoms with Crippen LogP contribution in [0.3, 0.4) is 0 Å². The van der Waals surface area contributed by atoms with Crippen molar-refractivity contribution in [2.45, 2.75) is 46.2 Å². The van der Waals surface area contributed by atoms with Crippen LogP contribution in [0.4, 0.5) is 0 Å². The van der Waals surface area contributed by atoms with Gasteiger partial charge in [0.25, 0.3) is 0 Å². The maximum atomic E-state index is 13.1. The fraction of sp³-hybridized carbons (Fsp3) is 0.286. The molecule has 0 aliphatic carbocycles. The summed E-state index contributed by atoms with van der Waals surface area (Å²) in [6, 6.07) is 16.7. The Morgan fingerprint density at radius 2 is 1.69 bits per heavy atom. The fourth-order valence-corrected chi connectivity index (χ4v) is 4.55. The molecule has 0 amide bonds. The van der Waals surface area contributed by atoms with E-state index in [1.807, 2.05) is 30.6 Å². The van der Waals surface area contributed by atoms with Crippen molar-refractivity contribution in [2.24, 2.45) is 7.05 Å². The summed E-state index contributed by atoms with van der Waals surface area (Å²) >= 11 is 0. The van der Waals surface area contributed by atoms with Crippen LogP contribution < -0.4 is 5.69 Å². The van der Waals surface area contributed by atoms with Gasteiger partial charge < -0.3 is 4.57 Å². The average molecular weight is 467 g/mol. The number of imidazole rings is 2. The summed E-state index contributed by atoms with van der Waals surface area (Å²) in [5, 5.41) is 0. The Hall–Kier alpha value is -4.00. The molecular weight excluding hydrogens is 436 g/mol. The molecule has 0 atom stereocenters. The van der Waals surface area contributed by atoms with Crippen LogP contribution in [-0.4, -0.2) is 28.7 Å². The molecule has 7 nitrogen and oxygen atoms in total. The van der Waals surface area contributed by atoms with Crippen LogP contribution in [-0.2, 0) is 13.6 Å². The van der Waals surface area contributed by atoms with E-state index in [0.29, 0.717) is 30.0 Å². The molecule has 0 bridgehead atoms. The highest BCUT2D eigenvalue weighted by molar-refractivity contribution is 5.74. The lowest BCUT2D eigenvalue weighted by Gasteiger charge is -2.12. The topological polar surface area (TPSA) is 70.5 Å². The van der Waals surface area contributed by atoms with Crippen LogP contribution in [0.5, 0.6) is 0 Å². The van der Waals surface area contributed by atoms with Gasteiger partial charge >= 0.3 is 5.69 Å². The zero-order valence-electron chi connectivity index (χ0n) is 20.8. The van der Waals surface area contributed by atoms with E-state index >= 15 is 0 Å². The minimum absolute atomic E-state index is 0.108. The van der Waals surface area contributed by atoms with Crippen molar-refractivity contribution in [3.63, 3.8) is 0 Å². The van der Waals surface area contributed by atoms with Crippen LogP contribution in [0, 0.1) is 0 Å². The summed E-state index contributed by atoms with van der Waals surface area (Å²) in [5.74, 6) is 1.92. The third-order valence-electron chi connectivity index (χ3n) is 6.49. The third-order valence-corrected chi connectivity index (χ3v) is 6.49. The zero-order valence-corrected chi connectivity index (χ0v) is 20.8. The molecule has 0 aliphatic heterocycles. The Kier molecular flexibility index (Phi) is 5.84. The average Bonchev–Trinajstić information content (AvgIpc) is 3.44. The molecule has 0 fully saturated rings. The number of hydrogen-bond donors (Lipinski definition) is 0. The molecule has 2 aromatic carbocycles. The van der Waals surface area contributed by atoms with Crippen molar-refractivity contribution in [1.29, 1.82) is 0 Å². The van der Waals surface area contributed by atoms with Crippen LogP contribution in [0.2, 0.25) is 0 Å². The van der Waals surface area contributed by atoms with Crippen molar-refractivity contribution >= 4 is 11.2 Å². The van der Waals surface area contributed by atoms with Gasteiger partial charge in [0.1, 0.15) is 11.3 Å². The number of nitrogens with zero attached hydrogens (tertiary/aromatic N) is 6. The highest BCUT2D eigenvalue weighted by atomic mass is 16.1. The van der Waals surface area contributed by atoms with Crippen molar-refractivity contribution in [1.82, 2.24) is 28.7 Å². The summed E-state index contributed by atoms with van der Waals surface area (Å²) in [4.78, 5) is 27.1. The summed E-state index contributed by atoms with van der Waals surface area (Å²) in [7, 11) is 1.76. The van der Waals surface area contributed by atoms with Gasteiger partial charge in [-0.2, -0.15) is 0 Å². The first-order valence-electron chi connectivity index (χ1n) is 12.0. The highest BCUT2D eigenvalue weighted by Crippen LogP contribution is 2.28. The first kappa shape index (κ1) is 22.8. The van der Waals surface area contributed by atoms with Crippen molar-refractivity contribution in [3.8, 4) is 22.8 Å². The van der Waals surface area contributed by atoms with Gasteiger partial charge in [-0.3, -0.25) is 9.13 Å². The molecule has 0 aliphatic rings. The highest BCUT2D eigenvalue weighted by Gasteiger charge is 2.17. The summed E-state index contributed by atoms with van der Waals surface area (Å²) in [5.41, 5.74) is 5.51. The molecule has 3 heterocycles. The van der Waals surface area contributed by atoms with E-state index in [1.54, 1.807) is 22.4 Å². The van der Waals surface area contributed by atoms with Gasteiger partial charge in [-0.15, -0.1) is 0 Å². The van der Waals surface area contributed by atoms with E-state index in [2.05, 4.69) is 72.6 Å². The van der Waals surface area contributed by atoms with Crippen LogP contribution in [0.1, 0.15) is 50.8 Å². The molecule has 5 aromatic rings. The van der Waals surface area contributed by atoms with Gasteiger partial charge in [-0.05, 0) is 30.9 Å². The van der Waals surface area contributed by atoms with Crippen LogP contribution in [0.25, 0.3) is 33.9 Å². The monoisotopic (exact) mass is 466 g/mol. The molecule has 0 unspecified atom stereocenters. The lowest BCUT2D eigenvalue weighted by molar-refractivity contribution is 0.606. The lowest BCUT2D eigenvalue weighted by Crippen LogP contribution is -2.22. The summed E-state index contributed by atoms with van der Waals surface area (Å²) in [6.07, 6.45) is 5.58. The zero-order chi connectivity index (χ0) is 24.7. The number of aromatic nitrogens is 6. The number of hydrogen-bond acceptors (Lipinski definition) is 4. The quantitative estimate of drug-likeness (QED) is 0.335. The third kappa shape index (κ3) is 4.07. The maximum Gasteiger partial charge on any atom is 0.330 e. The van der Waals surface area contributed by atoms with Crippen molar-refractivity contribution in [3.05, 3.63) is 88.7 Å². The van der Waals surface area contributed by atoms with Gasteiger partial charge in [0, 0.05) is 36.6 Å². The Morgan fingerprint density at radius 1 is 0.943 bits per heavy atom. The molecule has 3 aromatic heterocycles. The van der Waals surface area contributed by atoms with E-state index in [4.69, 9.17) is 4.98 Å². The predicted octanol–water partition coefficient (Wildman–Crippen LogP) is 5.41. The minimum Gasteiger partial charge on any atom is -0.328 e. The first-order chi connectivity index (χ1) is 16.8. The second-order valence-corrected chi connectivity index (χ2v) is 9.52. The maximum absolute atomic E-state index is 13.1. The summed E-state index contributed by atoms with van der Waals surface area (Å²) in [6.45, 7) is 9.03. The van der Waals surface area contributed by atoms with Gasteiger partial charge in [-0.1, -0.05) is 62.4 Å². The molecule has 5 rings (SSSR count). The van der Waals surface area contributed by atoms with E-state index < -0.39 is 0 Å². The van der Waals surface area contributed by atoms with Gasteiger partial charge in [0.15, 0.2) is 11.5 Å². The van der Waals surface area contributed by atoms with Crippen molar-refractivity contribution < 1.29 is 0 Å². The molecule has 0 saturated carbocycles. The first-order valence-corrected chi connectivity index (χ1v) is 12.0. The minimum atomic E-state index is -0.108. The van der Waals surface area contributed by atoms with Gasteiger partial charge in [0.2, 0.25) is 0 Å². The number of fused-ring (bicyclic) bond motifs is 1. The molecule has 0 radical (unpaired) electrons.